The van der Waals surface area contributed by atoms with Crippen LogP contribution in [-0.4, -0.2) is 90.7 Å². The highest BCUT2D eigenvalue weighted by Gasteiger charge is 2.28. The summed E-state index contributed by atoms with van der Waals surface area (Å²) in [5.74, 6) is 1.06. The molecule has 172 valence electrons. The zero-order chi connectivity index (χ0) is 21.9. The maximum Gasteiger partial charge on any atom is 0.290 e. The van der Waals surface area contributed by atoms with Gasteiger partial charge in [0.25, 0.3) is 6.47 Å². The van der Waals surface area contributed by atoms with Crippen molar-refractivity contribution in [3.8, 4) is 0 Å². The highest BCUT2D eigenvalue weighted by molar-refractivity contribution is 5.76. The Kier molecular flexibility index (Phi) is 9.78. The number of ether oxygens (including phenoxy) is 1. The first kappa shape index (κ1) is 23.7. The van der Waals surface area contributed by atoms with E-state index in [0.29, 0.717) is 11.8 Å². The normalized spacial score (nSPS) is 23.2. The molecule has 3 fully saturated rings. The minimum absolute atomic E-state index is 0.250. The standard InChI is InChI=1S/C23H35N3O2.CH2O2/c27-23(16-20-8-9-20)26-12-4-10-24(13-14-26)18-22-19-25(11-5-15-28-22)17-21-6-2-1-3-7-21;2-1-3/h1-3,6-7,20,22H,4-5,8-19H2;1H,(H,2,3). The predicted molar refractivity (Wildman–Crippen MR) is 120 cm³/mol. The predicted octanol–water partition coefficient (Wildman–Crippen LogP) is 2.31. The van der Waals surface area contributed by atoms with E-state index >= 15 is 0 Å². The smallest absolute Gasteiger partial charge is 0.290 e. The number of carbonyl (C=O) groups excluding carboxylic acids is 1. The Balaban J connectivity index is 0.000000858. The second-order valence-electron chi connectivity index (χ2n) is 8.85. The molecule has 1 aromatic carbocycles. The van der Waals surface area contributed by atoms with Gasteiger partial charge in [-0.25, -0.2) is 0 Å². The number of hydrogen-bond donors (Lipinski definition) is 1. The van der Waals surface area contributed by atoms with Crippen molar-refractivity contribution in [2.24, 2.45) is 5.92 Å². The Labute approximate surface area is 185 Å². The van der Waals surface area contributed by atoms with Crippen molar-refractivity contribution in [3.05, 3.63) is 35.9 Å². The van der Waals surface area contributed by atoms with Gasteiger partial charge < -0.3 is 14.7 Å². The second-order valence-corrected chi connectivity index (χ2v) is 8.85. The molecule has 1 amide bonds. The zero-order valence-corrected chi connectivity index (χ0v) is 18.5. The molecule has 7 heteroatoms. The van der Waals surface area contributed by atoms with E-state index < -0.39 is 0 Å². The monoisotopic (exact) mass is 431 g/mol. The third kappa shape index (κ3) is 8.59. The molecule has 2 aliphatic heterocycles. The number of hydrogen-bond acceptors (Lipinski definition) is 5. The first-order valence-electron chi connectivity index (χ1n) is 11.6. The summed E-state index contributed by atoms with van der Waals surface area (Å²) < 4.78 is 6.19. The quantitative estimate of drug-likeness (QED) is 0.697. The summed E-state index contributed by atoms with van der Waals surface area (Å²) in [5.41, 5.74) is 1.38. The minimum Gasteiger partial charge on any atom is -0.483 e. The third-order valence-corrected chi connectivity index (χ3v) is 6.25. The summed E-state index contributed by atoms with van der Waals surface area (Å²) in [7, 11) is 0. The third-order valence-electron chi connectivity index (χ3n) is 6.25. The van der Waals surface area contributed by atoms with E-state index in [1.807, 2.05) is 0 Å². The fourth-order valence-electron chi connectivity index (χ4n) is 4.45. The van der Waals surface area contributed by atoms with Crippen molar-refractivity contribution < 1.29 is 19.4 Å². The van der Waals surface area contributed by atoms with E-state index in [1.165, 1.54) is 18.4 Å². The van der Waals surface area contributed by atoms with Gasteiger partial charge in [0.15, 0.2) is 0 Å². The SMILES string of the molecule is O=C(CC1CC1)N1CCCN(CC2CN(Cc3ccccc3)CCCO2)CC1.O=CO. The Hall–Kier alpha value is -1.96. The van der Waals surface area contributed by atoms with Gasteiger partial charge in [-0.15, -0.1) is 0 Å². The number of nitrogens with zero attached hydrogens (tertiary/aromatic N) is 3. The van der Waals surface area contributed by atoms with Gasteiger partial charge in [0.1, 0.15) is 0 Å². The van der Waals surface area contributed by atoms with E-state index in [4.69, 9.17) is 14.6 Å². The van der Waals surface area contributed by atoms with Gasteiger partial charge in [0.2, 0.25) is 5.91 Å². The van der Waals surface area contributed by atoms with Crippen LogP contribution in [0, 0.1) is 5.92 Å². The Morgan fingerprint density at radius 2 is 1.77 bits per heavy atom. The second kappa shape index (κ2) is 12.8. The van der Waals surface area contributed by atoms with Crippen molar-refractivity contribution in [3.63, 3.8) is 0 Å². The molecular formula is C24H37N3O4. The first-order chi connectivity index (χ1) is 15.2. The van der Waals surface area contributed by atoms with Crippen LogP contribution in [0.15, 0.2) is 30.3 Å². The van der Waals surface area contributed by atoms with E-state index in [-0.39, 0.29) is 12.6 Å². The van der Waals surface area contributed by atoms with Gasteiger partial charge in [-0.1, -0.05) is 30.3 Å². The van der Waals surface area contributed by atoms with Crippen LogP contribution >= 0.6 is 0 Å². The summed E-state index contributed by atoms with van der Waals surface area (Å²) in [6.45, 7) is 8.56. The van der Waals surface area contributed by atoms with Gasteiger partial charge in [0.05, 0.1) is 6.10 Å². The number of carbonyl (C=O) groups is 2. The zero-order valence-electron chi connectivity index (χ0n) is 18.5. The highest BCUT2D eigenvalue weighted by Crippen LogP contribution is 2.33. The van der Waals surface area contributed by atoms with Crippen LogP contribution in [0.25, 0.3) is 0 Å². The van der Waals surface area contributed by atoms with Gasteiger partial charge >= 0.3 is 0 Å². The maximum absolute atomic E-state index is 12.4. The largest absolute Gasteiger partial charge is 0.483 e. The molecule has 2 saturated heterocycles. The Morgan fingerprint density at radius 3 is 2.52 bits per heavy atom. The number of rotatable bonds is 6. The van der Waals surface area contributed by atoms with Crippen LogP contribution in [0.4, 0.5) is 0 Å². The molecule has 1 aromatic rings. The van der Waals surface area contributed by atoms with Crippen molar-refractivity contribution in [1.82, 2.24) is 14.7 Å². The topological polar surface area (TPSA) is 73.3 Å². The molecule has 1 N–H and O–H groups in total. The lowest BCUT2D eigenvalue weighted by atomic mass is 10.2. The Morgan fingerprint density at radius 1 is 1.03 bits per heavy atom. The molecular weight excluding hydrogens is 394 g/mol. The molecule has 7 nitrogen and oxygen atoms in total. The fraction of sp³-hybridized carbons (Fsp3) is 0.667. The van der Waals surface area contributed by atoms with Crippen molar-refractivity contribution in [1.29, 1.82) is 0 Å². The number of carboxylic acid groups (broad SMARTS) is 1. The molecule has 1 atom stereocenters. The summed E-state index contributed by atoms with van der Waals surface area (Å²) in [4.78, 5) is 28.0. The molecule has 0 spiro atoms. The molecule has 2 heterocycles. The summed E-state index contributed by atoms with van der Waals surface area (Å²) in [6.07, 6.45) is 5.73. The van der Waals surface area contributed by atoms with Gasteiger partial charge in [-0.3, -0.25) is 19.4 Å². The van der Waals surface area contributed by atoms with Crippen molar-refractivity contribution >= 4 is 12.4 Å². The fourth-order valence-corrected chi connectivity index (χ4v) is 4.45. The van der Waals surface area contributed by atoms with Crippen molar-refractivity contribution in [2.45, 2.75) is 44.8 Å². The maximum atomic E-state index is 12.4. The lowest BCUT2D eigenvalue weighted by Gasteiger charge is -2.28. The Bertz CT molecular complexity index is 668. The van der Waals surface area contributed by atoms with Gasteiger partial charge in [-0.05, 0) is 43.7 Å². The van der Waals surface area contributed by atoms with Gasteiger partial charge in [0, 0.05) is 58.8 Å². The van der Waals surface area contributed by atoms with Gasteiger partial charge in [-0.2, -0.15) is 0 Å². The molecule has 4 rings (SSSR count). The van der Waals surface area contributed by atoms with Crippen LogP contribution in [0.2, 0.25) is 0 Å². The average molecular weight is 432 g/mol. The molecule has 1 aliphatic carbocycles. The van der Waals surface area contributed by atoms with E-state index in [2.05, 4.69) is 45.0 Å². The molecule has 31 heavy (non-hydrogen) atoms. The van der Waals surface area contributed by atoms with Crippen molar-refractivity contribution in [2.75, 3.05) is 52.4 Å². The first-order valence-corrected chi connectivity index (χ1v) is 11.6. The van der Waals surface area contributed by atoms with Crippen LogP contribution in [0.1, 0.15) is 37.7 Å². The molecule has 1 saturated carbocycles. The summed E-state index contributed by atoms with van der Waals surface area (Å²) in [6, 6.07) is 10.7. The summed E-state index contributed by atoms with van der Waals surface area (Å²) in [5, 5.41) is 6.89. The molecule has 0 aromatic heterocycles. The van der Waals surface area contributed by atoms with Crippen LogP contribution in [0.3, 0.4) is 0 Å². The van der Waals surface area contributed by atoms with E-state index in [1.54, 1.807) is 0 Å². The molecule has 1 unspecified atom stereocenters. The summed E-state index contributed by atoms with van der Waals surface area (Å²) >= 11 is 0. The van der Waals surface area contributed by atoms with E-state index in [0.717, 1.165) is 78.2 Å². The average Bonchev–Trinajstić information content (AvgIpc) is 3.60. The molecule has 3 aliphatic rings. The lowest BCUT2D eigenvalue weighted by Crippen LogP contribution is -2.42. The minimum atomic E-state index is -0.250. The number of amides is 1. The molecule has 0 bridgehead atoms. The van der Waals surface area contributed by atoms with Crippen LogP contribution in [0.5, 0.6) is 0 Å². The lowest BCUT2D eigenvalue weighted by molar-refractivity contribution is -0.131. The van der Waals surface area contributed by atoms with E-state index in [9.17, 15) is 4.79 Å². The highest BCUT2D eigenvalue weighted by atomic mass is 16.5. The van der Waals surface area contributed by atoms with Crippen LogP contribution in [-0.2, 0) is 20.9 Å². The molecule has 0 radical (unpaired) electrons. The van der Waals surface area contributed by atoms with Crippen LogP contribution < -0.4 is 0 Å². The number of benzene rings is 1.